The summed E-state index contributed by atoms with van der Waals surface area (Å²) >= 11 is 0. The van der Waals surface area contributed by atoms with Crippen LogP contribution in [0.5, 0.6) is 0 Å². The van der Waals surface area contributed by atoms with Gasteiger partial charge in [0.15, 0.2) is 6.29 Å². The Labute approximate surface area is 61.8 Å². The third-order valence-corrected chi connectivity index (χ3v) is 1.54. The minimum absolute atomic E-state index is 0.310. The monoisotopic (exact) mass is 151 g/mol. The first-order valence-corrected chi connectivity index (χ1v) is 3.11. The number of aldehydes is 1. The summed E-state index contributed by atoms with van der Waals surface area (Å²) in [4.78, 5) is 10.4. The van der Waals surface area contributed by atoms with Gasteiger partial charge in [0.05, 0.1) is 16.6 Å². The Morgan fingerprint density at radius 1 is 1.64 bits per heavy atom. The van der Waals surface area contributed by atoms with Crippen LogP contribution < -0.4 is 0 Å². The van der Waals surface area contributed by atoms with Crippen LogP contribution in [0.3, 0.4) is 0 Å². The number of nitrogens with zero attached hydrogens (tertiary/aromatic N) is 1. The molecule has 0 radical (unpaired) electrons. The van der Waals surface area contributed by atoms with Gasteiger partial charge in [-0.2, -0.15) is 0 Å². The van der Waals surface area contributed by atoms with Crippen molar-refractivity contribution in [3.8, 4) is 0 Å². The van der Waals surface area contributed by atoms with E-state index in [1.165, 1.54) is 6.26 Å². The van der Waals surface area contributed by atoms with E-state index in [1.54, 1.807) is 6.92 Å². The lowest BCUT2D eigenvalue weighted by Crippen LogP contribution is -1.75. The van der Waals surface area contributed by atoms with Crippen LogP contribution in [0, 0.1) is 6.92 Å². The fraction of sp³-hybridized carbons (Fsp3) is 0.143. The van der Waals surface area contributed by atoms with E-state index in [4.69, 9.17) is 8.94 Å². The van der Waals surface area contributed by atoms with Gasteiger partial charge < -0.3 is 8.94 Å². The molecule has 2 aromatic rings. The number of rotatable bonds is 1. The Hall–Kier alpha value is -1.58. The zero-order valence-corrected chi connectivity index (χ0v) is 5.83. The summed E-state index contributed by atoms with van der Waals surface area (Å²) in [5.41, 5.74) is 1.16. The van der Waals surface area contributed by atoms with Crippen molar-refractivity contribution in [2.75, 3.05) is 0 Å². The molecule has 2 rings (SSSR count). The Balaban J connectivity index is 2.90. The summed E-state index contributed by atoms with van der Waals surface area (Å²) in [5.74, 6) is 0.310. The molecule has 0 aromatic carbocycles. The summed E-state index contributed by atoms with van der Waals surface area (Å²) in [7, 11) is 0. The zero-order valence-electron chi connectivity index (χ0n) is 5.83. The molecular formula is C7H5NO3. The number of carbonyl (C=O) groups is 1. The van der Waals surface area contributed by atoms with E-state index in [2.05, 4.69) is 5.16 Å². The molecule has 0 spiro atoms. The van der Waals surface area contributed by atoms with Crippen molar-refractivity contribution in [2.24, 2.45) is 0 Å². The lowest BCUT2D eigenvalue weighted by atomic mass is 10.2. The maximum Gasteiger partial charge on any atom is 0.324 e. The normalized spacial score (nSPS) is 10.6. The standard InChI is InChI=1S/C7H5NO3/c1-4-6-5(2-9)3-10-7(6)11-8-4/h2-3H,1H3. The van der Waals surface area contributed by atoms with Crippen LogP contribution >= 0.6 is 0 Å². The SMILES string of the molecule is Cc1noc2occ(C=O)c12. The van der Waals surface area contributed by atoms with E-state index in [0.29, 0.717) is 22.4 Å². The highest BCUT2D eigenvalue weighted by molar-refractivity contribution is 5.95. The van der Waals surface area contributed by atoms with Crippen LogP contribution in [0.2, 0.25) is 0 Å². The Kier molecular flexibility index (Phi) is 1.09. The van der Waals surface area contributed by atoms with Gasteiger partial charge in [-0.05, 0) is 6.92 Å². The van der Waals surface area contributed by atoms with Crippen molar-refractivity contribution in [3.63, 3.8) is 0 Å². The molecule has 0 amide bonds. The third kappa shape index (κ3) is 0.690. The molecule has 2 heterocycles. The highest BCUT2D eigenvalue weighted by Gasteiger charge is 2.12. The molecule has 0 aliphatic carbocycles. The second kappa shape index (κ2) is 1.95. The molecule has 0 bridgehead atoms. The van der Waals surface area contributed by atoms with E-state index in [0.717, 1.165) is 6.29 Å². The highest BCUT2D eigenvalue weighted by Crippen LogP contribution is 2.22. The molecule has 0 atom stereocenters. The van der Waals surface area contributed by atoms with Crippen molar-refractivity contribution in [2.45, 2.75) is 6.92 Å². The molecule has 4 nitrogen and oxygen atoms in total. The van der Waals surface area contributed by atoms with Gasteiger partial charge in [-0.25, -0.2) is 0 Å². The Bertz CT molecular complexity index is 399. The molecular weight excluding hydrogens is 146 g/mol. The van der Waals surface area contributed by atoms with Crippen LogP contribution in [0.15, 0.2) is 15.2 Å². The van der Waals surface area contributed by atoms with E-state index in [-0.39, 0.29) is 0 Å². The van der Waals surface area contributed by atoms with Gasteiger partial charge in [0.25, 0.3) is 0 Å². The van der Waals surface area contributed by atoms with Gasteiger partial charge >= 0.3 is 5.78 Å². The number of fused-ring (bicyclic) bond motifs is 1. The average molecular weight is 151 g/mol. The fourth-order valence-electron chi connectivity index (χ4n) is 1.02. The topological polar surface area (TPSA) is 56.2 Å². The minimum atomic E-state index is 0.310. The molecule has 2 aromatic heterocycles. The fourth-order valence-corrected chi connectivity index (χ4v) is 1.02. The molecule has 11 heavy (non-hydrogen) atoms. The number of carbonyl (C=O) groups excluding carboxylic acids is 1. The summed E-state index contributed by atoms with van der Waals surface area (Å²) in [5, 5.41) is 4.30. The smallest absolute Gasteiger partial charge is 0.324 e. The van der Waals surface area contributed by atoms with Gasteiger partial charge in [-0.15, -0.1) is 0 Å². The first-order chi connectivity index (χ1) is 5.33. The van der Waals surface area contributed by atoms with Crippen molar-refractivity contribution in [1.82, 2.24) is 5.16 Å². The summed E-state index contributed by atoms with van der Waals surface area (Å²) < 4.78 is 9.66. The van der Waals surface area contributed by atoms with Gasteiger partial charge in [-0.1, -0.05) is 5.16 Å². The molecule has 0 saturated heterocycles. The number of hydrogen-bond donors (Lipinski definition) is 0. The Morgan fingerprint density at radius 2 is 2.45 bits per heavy atom. The van der Waals surface area contributed by atoms with Gasteiger partial charge in [0.2, 0.25) is 0 Å². The van der Waals surface area contributed by atoms with Crippen molar-refractivity contribution >= 4 is 17.5 Å². The summed E-state index contributed by atoms with van der Waals surface area (Å²) in [6.07, 6.45) is 2.08. The molecule has 0 aliphatic heterocycles. The highest BCUT2D eigenvalue weighted by atomic mass is 16.5. The van der Waals surface area contributed by atoms with E-state index in [9.17, 15) is 4.79 Å². The molecule has 0 unspecified atom stereocenters. The molecule has 0 saturated carbocycles. The lowest BCUT2D eigenvalue weighted by Gasteiger charge is -1.77. The van der Waals surface area contributed by atoms with Crippen molar-refractivity contribution < 1.29 is 13.7 Å². The van der Waals surface area contributed by atoms with E-state index in [1.807, 2.05) is 0 Å². The van der Waals surface area contributed by atoms with Gasteiger partial charge in [0.1, 0.15) is 6.26 Å². The molecule has 0 N–H and O–H groups in total. The lowest BCUT2D eigenvalue weighted by molar-refractivity contribution is 0.112. The molecule has 0 aliphatic rings. The van der Waals surface area contributed by atoms with Crippen molar-refractivity contribution in [3.05, 3.63) is 17.5 Å². The predicted molar refractivity (Wildman–Crippen MR) is 36.4 cm³/mol. The Morgan fingerprint density at radius 3 is 3.18 bits per heavy atom. The quantitative estimate of drug-likeness (QED) is 0.580. The average Bonchev–Trinajstić information content (AvgIpc) is 2.54. The second-order valence-corrected chi connectivity index (χ2v) is 2.24. The first kappa shape index (κ1) is 6.15. The van der Waals surface area contributed by atoms with Crippen LogP contribution in [0.4, 0.5) is 0 Å². The number of aromatic nitrogens is 1. The minimum Gasteiger partial charge on any atom is -0.431 e. The summed E-state index contributed by atoms with van der Waals surface area (Å²) in [6, 6.07) is 0. The van der Waals surface area contributed by atoms with E-state index < -0.39 is 0 Å². The molecule has 56 valence electrons. The maximum atomic E-state index is 10.4. The molecule has 0 fully saturated rings. The van der Waals surface area contributed by atoms with E-state index >= 15 is 0 Å². The van der Waals surface area contributed by atoms with Crippen LogP contribution in [0.25, 0.3) is 11.2 Å². The zero-order chi connectivity index (χ0) is 7.84. The van der Waals surface area contributed by atoms with Gasteiger partial charge in [-0.3, -0.25) is 4.79 Å². The number of hydrogen-bond acceptors (Lipinski definition) is 4. The largest absolute Gasteiger partial charge is 0.431 e. The van der Waals surface area contributed by atoms with Crippen LogP contribution in [-0.4, -0.2) is 11.4 Å². The first-order valence-electron chi connectivity index (χ1n) is 3.11. The van der Waals surface area contributed by atoms with Crippen molar-refractivity contribution in [1.29, 1.82) is 0 Å². The predicted octanol–water partition coefficient (Wildman–Crippen LogP) is 1.54. The summed E-state index contributed by atoms with van der Waals surface area (Å²) in [6.45, 7) is 1.76. The van der Waals surface area contributed by atoms with Crippen LogP contribution in [0.1, 0.15) is 16.1 Å². The second-order valence-electron chi connectivity index (χ2n) is 2.24. The third-order valence-electron chi connectivity index (χ3n) is 1.54. The number of furan rings is 1. The molecule has 4 heteroatoms. The van der Waals surface area contributed by atoms with Crippen LogP contribution in [-0.2, 0) is 0 Å². The van der Waals surface area contributed by atoms with Gasteiger partial charge in [0, 0.05) is 0 Å². The number of aryl methyl sites for hydroxylation is 1. The maximum absolute atomic E-state index is 10.4.